The normalized spacial score (nSPS) is 13.1. The second-order valence-electron chi connectivity index (χ2n) is 7.11. The maximum absolute atomic E-state index is 13.2. The van der Waals surface area contributed by atoms with Crippen LogP contribution >= 0.6 is 0 Å². The number of carbonyl (C=O) groups excluding carboxylic acids is 2. The molecule has 11 nitrogen and oxygen atoms in total. The first-order valence-electron chi connectivity index (χ1n) is 10.6. The molecule has 0 radical (unpaired) electrons. The molecule has 0 saturated heterocycles. The number of rotatable bonds is 11. The van der Waals surface area contributed by atoms with Crippen molar-refractivity contribution in [2.24, 2.45) is 11.8 Å². The number of ether oxygens (including phenoxy) is 1. The third kappa shape index (κ3) is 5.69. The van der Waals surface area contributed by atoms with Crippen LogP contribution in [0.15, 0.2) is 12.1 Å². The monoisotopic (exact) mass is 459 g/mol. The predicted molar refractivity (Wildman–Crippen MR) is 118 cm³/mol. The van der Waals surface area contributed by atoms with Crippen molar-refractivity contribution < 1.29 is 24.4 Å². The van der Waals surface area contributed by atoms with Crippen LogP contribution in [-0.4, -0.2) is 64.9 Å². The summed E-state index contributed by atoms with van der Waals surface area (Å²) >= 11 is 0. The largest absolute Gasteiger partial charge is 0.500 e. The van der Waals surface area contributed by atoms with Gasteiger partial charge in [0.25, 0.3) is 0 Å². The fourth-order valence-electron chi connectivity index (χ4n) is 3.72. The SMILES string of the molecule is CCN(CC)C(=O)C(C#N)C(c1cc(OC)c(O)c([N+](=O)[O-])c1)C(C#N)C(=O)N(CC)CC. The van der Waals surface area contributed by atoms with Crippen LogP contribution < -0.4 is 4.74 Å². The summed E-state index contributed by atoms with van der Waals surface area (Å²) in [6.07, 6.45) is 0. The number of phenols is 1. The molecule has 0 saturated carbocycles. The summed E-state index contributed by atoms with van der Waals surface area (Å²) in [6, 6.07) is 6.01. The highest BCUT2D eigenvalue weighted by molar-refractivity contribution is 5.87. The number of nitrogens with zero attached hydrogens (tertiary/aromatic N) is 5. The molecule has 0 aliphatic rings. The Bertz CT molecular complexity index is 917. The number of hydrogen-bond acceptors (Lipinski definition) is 8. The number of hydrogen-bond donors (Lipinski definition) is 1. The molecule has 178 valence electrons. The molecule has 2 amide bonds. The average molecular weight is 460 g/mol. The standard InChI is InChI=1S/C22H29N5O6/c1-6-25(7-2)21(29)15(12-23)19(16(13-24)22(30)26(8-3)9-4)14-10-17(27(31)32)20(28)18(11-14)33-5/h10-11,15-16,19,28H,6-9H2,1-5H3. The van der Waals surface area contributed by atoms with Gasteiger partial charge in [-0.2, -0.15) is 10.5 Å². The van der Waals surface area contributed by atoms with Gasteiger partial charge in [-0.1, -0.05) is 0 Å². The van der Waals surface area contributed by atoms with E-state index in [4.69, 9.17) is 4.74 Å². The molecule has 0 aromatic heterocycles. The summed E-state index contributed by atoms with van der Waals surface area (Å²) in [5.41, 5.74) is -0.733. The zero-order chi connectivity index (χ0) is 25.3. The summed E-state index contributed by atoms with van der Waals surface area (Å²) in [5, 5.41) is 41.6. The lowest BCUT2D eigenvalue weighted by Crippen LogP contribution is -2.44. The lowest BCUT2D eigenvalue weighted by atomic mass is 9.76. The van der Waals surface area contributed by atoms with E-state index in [1.54, 1.807) is 27.7 Å². The van der Waals surface area contributed by atoms with E-state index in [0.29, 0.717) is 26.2 Å². The van der Waals surface area contributed by atoms with Gasteiger partial charge < -0.3 is 19.6 Å². The van der Waals surface area contributed by atoms with Gasteiger partial charge in [-0.25, -0.2) is 0 Å². The molecule has 1 aromatic carbocycles. The highest BCUT2D eigenvalue weighted by atomic mass is 16.6. The van der Waals surface area contributed by atoms with E-state index in [1.165, 1.54) is 23.0 Å². The van der Waals surface area contributed by atoms with Gasteiger partial charge in [-0.05, 0) is 39.3 Å². The second kappa shape index (κ2) is 12.2. The molecular formula is C22H29N5O6. The summed E-state index contributed by atoms with van der Waals surface area (Å²) in [6.45, 7) is 8.07. The van der Waals surface area contributed by atoms with Crippen LogP contribution in [0, 0.1) is 44.6 Å². The molecule has 0 aliphatic carbocycles. The van der Waals surface area contributed by atoms with Crippen molar-refractivity contribution in [1.29, 1.82) is 10.5 Å². The van der Waals surface area contributed by atoms with Crippen molar-refractivity contribution in [3.63, 3.8) is 0 Å². The van der Waals surface area contributed by atoms with E-state index in [1.807, 2.05) is 12.1 Å². The van der Waals surface area contributed by atoms with E-state index in [2.05, 4.69) is 0 Å². The molecule has 11 heteroatoms. The van der Waals surface area contributed by atoms with Gasteiger partial charge in [0.15, 0.2) is 5.75 Å². The fourth-order valence-corrected chi connectivity index (χ4v) is 3.72. The highest BCUT2D eigenvalue weighted by Crippen LogP contribution is 2.43. The van der Waals surface area contributed by atoms with Gasteiger partial charge in [-0.3, -0.25) is 19.7 Å². The van der Waals surface area contributed by atoms with Gasteiger partial charge in [0.05, 0.1) is 24.2 Å². The van der Waals surface area contributed by atoms with Crippen LogP contribution in [0.1, 0.15) is 39.2 Å². The Kier molecular flexibility index (Phi) is 10.1. The molecule has 0 aliphatic heterocycles. The number of benzene rings is 1. The van der Waals surface area contributed by atoms with E-state index >= 15 is 0 Å². The first-order valence-corrected chi connectivity index (χ1v) is 10.6. The molecular weight excluding hydrogens is 430 g/mol. The van der Waals surface area contributed by atoms with Crippen molar-refractivity contribution in [2.75, 3.05) is 33.3 Å². The molecule has 2 atom stereocenters. The Balaban J connectivity index is 3.90. The molecule has 0 bridgehead atoms. The molecule has 0 spiro atoms. The summed E-state index contributed by atoms with van der Waals surface area (Å²) in [4.78, 5) is 39.9. The van der Waals surface area contributed by atoms with Crippen LogP contribution in [0.25, 0.3) is 0 Å². The van der Waals surface area contributed by atoms with Crippen molar-refractivity contribution in [3.05, 3.63) is 27.8 Å². The maximum Gasteiger partial charge on any atom is 0.314 e. The third-order valence-corrected chi connectivity index (χ3v) is 5.56. The van der Waals surface area contributed by atoms with E-state index in [-0.39, 0.29) is 11.3 Å². The van der Waals surface area contributed by atoms with Gasteiger partial charge in [0.2, 0.25) is 17.6 Å². The first-order chi connectivity index (χ1) is 15.7. The lowest BCUT2D eigenvalue weighted by Gasteiger charge is -2.31. The Morgan fingerprint density at radius 1 is 1.03 bits per heavy atom. The maximum atomic E-state index is 13.2. The zero-order valence-electron chi connectivity index (χ0n) is 19.4. The number of phenolic OH excluding ortho intramolecular Hbond substituents is 1. The Morgan fingerprint density at radius 2 is 1.45 bits per heavy atom. The van der Waals surface area contributed by atoms with Crippen molar-refractivity contribution in [3.8, 4) is 23.6 Å². The van der Waals surface area contributed by atoms with Crippen molar-refractivity contribution in [1.82, 2.24) is 9.80 Å². The van der Waals surface area contributed by atoms with E-state index < -0.39 is 45.9 Å². The lowest BCUT2D eigenvalue weighted by molar-refractivity contribution is -0.386. The van der Waals surface area contributed by atoms with Crippen LogP contribution in [0.2, 0.25) is 0 Å². The summed E-state index contributed by atoms with van der Waals surface area (Å²) in [5.74, 6) is -6.52. The minimum Gasteiger partial charge on any atom is -0.500 e. The van der Waals surface area contributed by atoms with Gasteiger partial charge in [0, 0.05) is 38.2 Å². The molecule has 0 heterocycles. The van der Waals surface area contributed by atoms with Crippen LogP contribution in [0.3, 0.4) is 0 Å². The minimum absolute atomic E-state index is 0.00420. The van der Waals surface area contributed by atoms with Crippen LogP contribution in [0.4, 0.5) is 5.69 Å². The molecule has 33 heavy (non-hydrogen) atoms. The van der Waals surface area contributed by atoms with Crippen LogP contribution in [-0.2, 0) is 9.59 Å². The number of carbonyl (C=O) groups is 2. The number of nitro benzene ring substituents is 1. The third-order valence-electron chi connectivity index (χ3n) is 5.56. The molecule has 2 unspecified atom stereocenters. The Hall–Kier alpha value is -3.86. The molecule has 0 fully saturated rings. The van der Waals surface area contributed by atoms with E-state index in [9.17, 15) is 35.3 Å². The first kappa shape index (κ1) is 27.2. The van der Waals surface area contributed by atoms with Gasteiger partial charge in [-0.15, -0.1) is 0 Å². The minimum atomic E-state index is -1.48. The van der Waals surface area contributed by atoms with Gasteiger partial charge in [0.1, 0.15) is 11.8 Å². The van der Waals surface area contributed by atoms with Crippen molar-refractivity contribution in [2.45, 2.75) is 33.6 Å². The summed E-state index contributed by atoms with van der Waals surface area (Å²) < 4.78 is 5.04. The van der Waals surface area contributed by atoms with E-state index in [0.717, 1.165) is 6.07 Å². The quantitative estimate of drug-likeness (QED) is 0.390. The van der Waals surface area contributed by atoms with Gasteiger partial charge >= 0.3 is 5.69 Å². The number of aromatic hydroxyl groups is 1. The summed E-state index contributed by atoms with van der Waals surface area (Å²) in [7, 11) is 1.18. The fraction of sp³-hybridized carbons (Fsp3) is 0.545. The molecule has 1 rings (SSSR count). The predicted octanol–water partition coefficient (Wildman–Crippen LogP) is 2.41. The zero-order valence-corrected chi connectivity index (χ0v) is 19.4. The molecule has 1 aromatic rings. The number of nitro groups is 1. The topological polar surface area (TPSA) is 161 Å². The highest BCUT2D eigenvalue weighted by Gasteiger charge is 2.43. The number of nitriles is 2. The smallest absolute Gasteiger partial charge is 0.314 e. The average Bonchev–Trinajstić information content (AvgIpc) is 2.80. The molecule has 1 N–H and O–H groups in total. The number of amides is 2. The second-order valence-corrected chi connectivity index (χ2v) is 7.11. The Labute approximate surface area is 192 Å². The Morgan fingerprint density at radius 3 is 1.76 bits per heavy atom. The van der Waals surface area contributed by atoms with Crippen molar-refractivity contribution >= 4 is 17.5 Å². The number of methoxy groups -OCH3 is 1. The van der Waals surface area contributed by atoms with Crippen LogP contribution in [0.5, 0.6) is 11.5 Å².